The van der Waals surface area contributed by atoms with Crippen molar-refractivity contribution in [3.63, 3.8) is 0 Å². The Bertz CT molecular complexity index is 1170. The van der Waals surface area contributed by atoms with Gasteiger partial charge in [-0.3, -0.25) is 4.79 Å². The number of carbonyl (C=O) groups is 2. The van der Waals surface area contributed by atoms with Crippen LogP contribution in [-0.2, 0) is 17.8 Å². The lowest BCUT2D eigenvalue weighted by molar-refractivity contribution is -0.132. The van der Waals surface area contributed by atoms with Crippen LogP contribution in [0.4, 0.5) is 10.5 Å². The van der Waals surface area contributed by atoms with Crippen molar-refractivity contribution in [2.24, 2.45) is 0 Å². The molecule has 8 nitrogen and oxygen atoms in total. The van der Waals surface area contributed by atoms with Gasteiger partial charge in [-0.1, -0.05) is 31.5 Å². The van der Waals surface area contributed by atoms with Crippen LogP contribution in [0.5, 0.6) is 17.2 Å². The SMILES string of the molecule is CCCCN(CC(=O)N(CCc1ccc(OC)c(OC)c1)Cc1cccs1)C(=O)Nc1cccc(OC)c1. The molecule has 0 atom stereocenters. The van der Waals surface area contributed by atoms with Crippen molar-refractivity contribution in [3.8, 4) is 17.2 Å². The maximum atomic E-state index is 13.6. The predicted molar refractivity (Wildman–Crippen MR) is 151 cm³/mol. The largest absolute Gasteiger partial charge is 0.497 e. The molecule has 0 spiro atoms. The quantitative estimate of drug-likeness (QED) is 0.285. The predicted octanol–water partition coefficient (Wildman–Crippen LogP) is 5.68. The highest BCUT2D eigenvalue weighted by Gasteiger charge is 2.22. The lowest BCUT2D eigenvalue weighted by Gasteiger charge is -2.28. The number of thiophene rings is 1. The second-order valence-corrected chi connectivity index (χ2v) is 9.80. The maximum absolute atomic E-state index is 13.6. The van der Waals surface area contributed by atoms with E-state index in [4.69, 9.17) is 14.2 Å². The first kappa shape index (κ1) is 28.8. The Morgan fingerprint density at radius 3 is 2.39 bits per heavy atom. The maximum Gasteiger partial charge on any atom is 0.322 e. The van der Waals surface area contributed by atoms with Gasteiger partial charge in [-0.15, -0.1) is 11.3 Å². The number of amides is 3. The number of benzene rings is 2. The minimum atomic E-state index is -0.309. The minimum absolute atomic E-state index is 0.00683. The number of rotatable bonds is 14. The van der Waals surface area contributed by atoms with Gasteiger partial charge in [-0.25, -0.2) is 4.79 Å². The highest BCUT2D eigenvalue weighted by Crippen LogP contribution is 2.28. The fourth-order valence-electron chi connectivity index (χ4n) is 3.95. The number of unbranched alkanes of at least 4 members (excludes halogenated alkanes) is 1. The molecule has 0 aliphatic heterocycles. The highest BCUT2D eigenvalue weighted by atomic mass is 32.1. The fourth-order valence-corrected chi connectivity index (χ4v) is 4.67. The van der Waals surface area contributed by atoms with Crippen molar-refractivity contribution >= 4 is 29.0 Å². The van der Waals surface area contributed by atoms with Gasteiger partial charge >= 0.3 is 6.03 Å². The van der Waals surface area contributed by atoms with E-state index < -0.39 is 0 Å². The molecule has 1 aromatic heterocycles. The van der Waals surface area contributed by atoms with E-state index in [9.17, 15) is 9.59 Å². The van der Waals surface area contributed by atoms with E-state index in [1.165, 1.54) is 0 Å². The van der Waals surface area contributed by atoms with Gasteiger partial charge in [0.05, 0.1) is 27.9 Å². The molecule has 0 radical (unpaired) electrons. The summed E-state index contributed by atoms with van der Waals surface area (Å²) in [4.78, 5) is 31.3. The molecule has 3 aromatic rings. The smallest absolute Gasteiger partial charge is 0.322 e. The molecule has 2 aromatic carbocycles. The third kappa shape index (κ3) is 8.41. The summed E-state index contributed by atoms with van der Waals surface area (Å²) in [6, 6.07) is 16.6. The van der Waals surface area contributed by atoms with Gasteiger partial charge in [0.15, 0.2) is 11.5 Å². The average molecular weight is 540 g/mol. The highest BCUT2D eigenvalue weighted by molar-refractivity contribution is 7.09. The fraction of sp³-hybridized carbons (Fsp3) is 0.379. The van der Waals surface area contributed by atoms with Crippen LogP contribution in [-0.4, -0.2) is 62.7 Å². The Balaban J connectivity index is 1.73. The number of nitrogens with zero attached hydrogens (tertiary/aromatic N) is 2. The van der Waals surface area contributed by atoms with Crippen LogP contribution < -0.4 is 19.5 Å². The number of carbonyl (C=O) groups excluding carboxylic acids is 2. The third-order valence-electron chi connectivity index (χ3n) is 6.11. The Labute approximate surface area is 229 Å². The number of ether oxygens (including phenoxy) is 3. The zero-order valence-electron chi connectivity index (χ0n) is 22.6. The van der Waals surface area contributed by atoms with Crippen LogP contribution in [0.1, 0.15) is 30.2 Å². The van der Waals surface area contributed by atoms with Crippen molar-refractivity contribution < 1.29 is 23.8 Å². The van der Waals surface area contributed by atoms with Gasteiger partial charge in [0, 0.05) is 29.7 Å². The number of methoxy groups -OCH3 is 3. The van der Waals surface area contributed by atoms with Crippen molar-refractivity contribution in [2.45, 2.75) is 32.7 Å². The number of nitrogens with one attached hydrogen (secondary N) is 1. The summed E-state index contributed by atoms with van der Waals surface area (Å²) in [7, 11) is 4.79. The number of urea groups is 1. The standard InChI is InChI=1S/C29H37N3O5S/c1-5-6-15-32(29(34)30-23-9-7-10-24(19-23)35-2)21-28(33)31(20-25-11-8-17-38-25)16-14-22-12-13-26(36-3)27(18-22)37-4/h7-13,17-19H,5-6,14-16,20-21H2,1-4H3,(H,30,34). The van der Waals surface area contributed by atoms with Crippen molar-refractivity contribution in [3.05, 3.63) is 70.4 Å². The molecular formula is C29H37N3O5S. The number of anilines is 1. The van der Waals surface area contributed by atoms with E-state index in [0.29, 0.717) is 49.0 Å². The van der Waals surface area contributed by atoms with Crippen molar-refractivity contribution in [1.82, 2.24) is 9.80 Å². The minimum Gasteiger partial charge on any atom is -0.497 e. The summed E-state index contributed by atoms with van der Waals surface area (Å²) in [5.74, 6) is 1.87. The van der Waals surface area contributed by atoms with Crippen LogP contribution in [0.25, 0.3) is 0 Å². The summed E-state index contributed by atoms with van der Waals surface area (Å²) < 4.78 is 16.0. The van der Waals surface area contributed by atoms with E-state index in [1.54, 1.807) is 49.7 Å². The van der Waals surface area contributed by atoms with Gasteiger partial charge in [-0.2, -0.15) is 0 Å². The molecule has 1 heterocycles. The normalized spacial score (nSPS) is 10.5. The number of hydrogen-bond acceptors (Lipinski definition) is 6. The van der Waals surface area contributed by atoms with E-state index in [-0.39, 0.29) is 18.5 Å². The molecule has 0 aliphatic rings. The summed E-state index contributed by atoms with van der Waals surface area (Å²) in [5.41, 5.74) is 1.65. The first-order chi connectivity index (χ1) is 18.5. The topological polar surface area (TPSA) is 80.3 Å². The van der Waals surface area contributed by atoms with E-state index >= 15 is 0 Å². The zero-order valence-corrected chi connectivity index (χ0v) is 23.4. The lowest BCUT2D eigenvalue weighted by atomic mass is 10.1. The Hall–Kier alpha value is -3.72. The van der Waals surface area contributed by atoms with E-state index in [2.05, 4.69) is 12.2 Å². The molecule has 0 fully saturated rings. The van der Waals surface area contributed by atoms with Crippen molar-refractivity contribution in [1.29, 1.82) is 0 Å². The molecular weight excluding hydrogens is 502 g/mol. The van der Waals surface area contributed by atoms with Gasteiger partial charge in [0.25, 0.3) is 0 Å². The molecule has 9 heteroatoms. The van der Waals surface area contributed by atoms with E-state index in [0.717, 1.165) is 23.3 Å². The monoisotopic (exact) mass is 539 g/mol. The van der Waals surface area contributed by atoms with Crippen LogP contribution in [0, 0.1) is 0 Å². The summed E-state index contributed by atoms with van der Waals surface area (Å²) >= 11 is 1.61. The van der Waals surface area contributed by atoms with Crippen LogP contribution in [0.3, 0.4) is 0 Å². The van der Waals surface area contributed by atoms with Crippen LogP contribution >= 0.6 is 11.3 Å². The second-order valence-electron chi connectivity index (χ2n) is 8.77. The van der Waals surface area contributed by atoms with E-state index in [1.807, 2.05) is 52.7 Å². The molecule has 3 rings (SSSR count). The Morgan fingerprint density at radius 2 is 1.71 bits per heavy atom. The van der Waals surface area contributed by atoms with Gasteiger partial charge < -0.3 is 29.3 Å². The van der Waals surface area contributed by atoms with Gasteiger partial charge in [0.1, 0.15) is 12.3 Å². The molecule has 1 N–H and O–H groups in total. The first-order valence-electron chi connectivity index (χ1n) is 12.7. The first-order valence-corrected chi connectivity index (χ1v) is 13.6. The zero-order chi connectivity index (χ0) is 27.3. The van der Waals surface area contributed by atoms with Crippen LogP contribution in [0.15, 0.2) is 60.0 Å². The summed E-state index contributed by atoms with van der Waals surface area (Å²) in [6.07, 6.45) is 2.35. The van der Waals surface area contributed by atoms with Crippen LogP contribution in [0.2, 0.25) is 0 Å². The van der Waals surface area contributed by atoms with Gasteiger partial charge in [0.2, 0.25) is 5.91 Å². The average Bonchev–Trinajstić information content (AvgIpc) is 3.46. The lowest BCUT2D eigenvalue weighted by Crippen LogP contribution is -2.45. The molecule has 0 saturated carbocycles. The van der Waals surface area contributed by atoms with Crippen molar-refractivity contribution in [2.75, 3.05) is 46.3 Å². The molecule has 0 aliphatic carbocycles. The Morgan fingerprint density at radius 1 is 0.895 bits per heavy atom. The third-order valence-corrected chi connectivity index (χ3v) is 6.97. The summed E-state index contributed by atoms with van der Waals surface area (Å²) in [5, 5.41) is 4.91. The van der Waals surface area contributed by atoms with Gasteiger partial charge in [-0.05, 0) is 54.1 Å². The second kappa shape index (κ2) is 14.9. The summed E-state index contributed by atoms with van der Waals surface area (Å²) in [6.45, 7) is 3.54. The molecule has 3 amide bonds. The molecule has 0 unspecified atom stereocenters. The Kier molecular flexibility index (Phi) is 11.3. The molecule has 204 valence electrons. The number of hydrogen-bond donors (Lipinski definition) is 1. The molecule has 0 saturated heterocycles. The molecule has 38 heavy (non-hydrogen) atoms. The molecule has 0 bridgehead atoms.